The van der Waals surface area contributed by atoms with Crippen LogP contribution in [0.3, 0.4) is 0 Å². The van der Waals surface area contributed by atoms with Crippen LogP contribution in [-0.4, -0.2) is 37.2 Å². The van der Waals surface area contributed by atoms with Crippen LogP contribution in [0.5, 0.6) is 0 Å². The molecule has 0 spiro atoms. The molecule has 1 unspecified atom stereocenters. The van der Waals surface area contributed by atoms with E-state index in [1.807, 2.05) is 54.7 Å². The van der Waals surface area contributed by atoms with E-state index in [2.05, 4.69) is 136 Å². The minimum absolute atomic E-state index is 0.153. The summed E-state index contributed by atoms with van der Waals surface area (Å²) in [6, 6.07) is 0. The fourth-order valence-corrected chi connectivity index (χ4v) is 5.55. The van der Waals surface area contributed by atoms with Gasteiger partial charge in [-0.15, -0.1) is 0 Å². The number of allylic oxidation sites excluding steroid dienone is 28. The Kier molecular flexibility index (Phi) is 46.3. The van der Waals surface area contributed by atoms with Crippen LogP contribution in [0.2, 0.25) is 0 Å². The number of unbranched alkanes of at least 4 members (excludes halogenated alkanes) is 5. The normalized spacial score (nSPS) is 13.6. The molecule has 0 radical (unpaired) electrons. The largest absolute Gasteiger partial charge is 0.462 e. The minimum Gasteiger partial charge on any atom is -0.462 e. The molecule has 1 atom stereocenters. The van der Waals surface area contributed by atoms with Gasteiger partial charge in [0.05, 0.1) is 0 Å². The molecule has 0 rings (SSSR count). The van der Waals surface area contributed by atoms with Crippen molar-refractivity contribution in [2.45, 2.75) is 162 Å². The first-order chi connectivity index (χ1) is 31.5. The summed E-state index contributed by atoms with van der Waals surface area (Å²) >= 11 is 0. The van der Waals surface area contributed by atoms with E-state index in [0.717, 1.165) is 96.3 Å². The van der Waals surface area contributed by atoms with Crippen LogP contribution < -0.4 is 0 Å². The third-order valence-electron chi connectivity index (χ3n) is 9.08. The summed E-state index contributed by atoms with van der Waals surface area (Å²) in [4.78, 5) is 37.9. The highest BCUT2D eigenvalue weighted by Gasteiger charge is 2.19. The van der Waals surface area contributed by atoms with Gasteiger partial charge < -0.3 is 14.2 Å². The maximum atomic E-state index is 12.8. The molecule has 0 amide bonds. The molecule has 0 aliphatic carbocycles. The number of rotatable bonds is 40. The molecule has 352 valence electrons. The average molecular weight is 877 g/mol. The molecule has 0 aromatic rings. The Balaban J connectivity index is 4.68. The lowest BCUT2D eigenvalue weighted by Gasteiger charge is -2.18. The van der Waals surface area contributed by atoms with Crippen LogP contribution >= 0.6 is 0 Å². The Hall–Kier alpha value is -5.23. The smallest absolute Gasteiger partial charge is 0.306 e. The molecule has 0 aliphatic rings. The minimum atomic E-state index is -0.855. The summed E-state index contributed by atoms with van der Waals surface area (Å²) in [5.74, 6) is -1.13. The molecule has 0 aromatic heterocycles. The second-order valence-electron chi connectivity index (χ2n) is 15.0. The molecule has 0 saturated carbocycles. The zero-order valence-corrected chi connectivity index (χ0v) is 40.0. The van der Waals surface area contributed by atoms with Gasteiger partial charge in [-0.2, -0.15) is 0 Å². The fourth-order valence-electron chi connectivity index (χ4n) is 5.55. The van der Waals surface area contributed by atoms with Crippen molar-refractivity contribution in [3.8, 4) is 0 Å². The van der Waals surface area contributed by atoms with Gasteiger partial charge in [0.1, 0.15) is 13.2 Å². The number of ether oxygens (including phenoxy) is 3. The molecular weight excluding hydrogens is 793 g/mol. The van der Waals surface area contributed by atoms with Gasteiger partial charge in [-0.3, -0.25) is 14.4 Å². The quantitative estimate of drug-likeness (QED) is 0.0201. The van der Waals surface area contributed by atoms with E-state index in [0.29, 0.717) is 19.3 Å². The van der Waals surface area contributed by atoms with Crippen molar-refractivity contribution in [2.75, 3.05) is 13.2 Å². The van der Waals surface area contributed by atoms with Gasteiger partial charge in [-0.05, 0) is 109 Å². The second kappa shape index (κ2) is 50.4. The van der Waals surface area contributed by atoms with E-state index in [4.69, 9.17) is 14.2 Å². The molecule has 0 N–H and O–H groups in total. The standard InChI is InChI=1S/C58H84O6/c1-4-7-10-13-16-19-22-25-27-29-31-33-36-39-42-45-48-51-57(60)63-54-55(53-62-56(59)50-47-44-41-38-35-32-24-21-18-15-12-9-6-3)64-58(61)52-49-46-43-40-37-34-30-28-26-23-20-17-14-11-8-5-2/h7-12,15-21,24-28,31-35,37-39,41-42,55H,4-6,13-14,22-23,29-30,36,40,43-54H2,1-3H3/b10-7+,11-8+,12-9+,18-15+,19-16+,20-17+,24-21+,27-25+,28-26+,33-31+,35-32+,37-34+,41-38+,42-39+. The highest BCUT2D eigenvalue weighted by Crippen LogP contribution is 2.10. The first-order valence-corrected chi connectivity index (χ1v) is 24.2. The van der Waals surface area contributed by atoms with Crippen molar-refractivity contribution in [3.05, 3.63) is 170 Å². The van der Waals surface area contributed by atoms with Crippen molar-refractivity contribution in [1.82, 2.24) is 0 Å². The summed E-state index contributed by atoms with van der Waals surface area (Å²) in [5, 5.41) is 0. The number of hydrogen-bond acceptors (Lipinski definition) is 6. The molecular formula is C58H84O6. The lowest BCUT2D eigenvalue weighted by molar-refractivity contribution is -0.167. The van der Waals surface area contributed by atoms with E-state index < -0.39 is 6.10 Å². The SMILES string of the molecule is CC/C=C/C=C/C=C/C=C/C=C/CCCC(=O)OCC(COC(=O)CCC/C=C/C/C=C/C/C=C/C/C=C/C/C=C/CC)OC(=O)CCCCC/C=C/C/C=C/C/C=C/C/C=C/CC. The predicted octanol–water partition coefficient (Wildman–Crippen LogP) is 16.0. The van der Waals surface area contributed by atoms with Crippen molar-refractivity contribution in [3.63, 3.8) is 0 Å². The Morgan fingerprint density at radius 2 is 0.656 bits per heavy atom. The monoisotopic (exact) mass is 877 g/mol. The molecule has 6 heteroatoms. The van der Waals surface area contributed by atoms with Gasteiger partial charge in [-0.1, -0.05) is 197 Å². The van der Waals surface area contributed by atoms with Crippen LogP contribution in [0, 0.1) is 0 Å². The van der Waals surface area contributed by atoms with Crippen LogP contribution in [0.4, 0.5) is 0 Å². The summed E-state index contributed by atoms with van der Waals surface area (Å²) < 4.78 is 16.6. The Morgan fingerprint density at radius 1 is 0.328 bits per heavy atom. The highest BCUT2D eigenvalue weighted by atomic mass is 16.6. The summed E-state index contributed by atoms with van der Waals surface area (Å²) in [6.45, 7) is 6.08. The highest BCUT2D eigenvalue weighted by molar-refractivity contribution is 5.71. The van der Waals surface area contributed by atoms with Crippen molar-refractivity contribution in [2.24, 2.45) is 0 Å². The summed E-state index contributed by atoms with van der Waals surface area (Å²) in [7, 11) is 0. The molecule has 0 heterocycles. The Morgan fingerprint density at radius 3 is 1.08 bits per heavy atom. The predicted molar refractivity (Wildman–Crippen MR) is 274 cm³/mol. The van der Waals surface area contributed by atoms with Crippen LogP contribution in [0.25, 0.3) is 0 Å². The summed E-state index contributed by atoms with van der Waals surface area (Å²) in [6.07, 6.45) is 74.9. The maximum Gasteiger partial charge on any atom is 0.306 e. The molecule has 0 aromatic carbocycles. The number of carbonyl (C=O) groups is 3. The first kappa shape index (κ1) is 58.8. The van der Waals surface area contributed by atoms with E-state index in [1.165, 1.54) is 0 Å². The molecule has 0 aliphatic heterocycles. The summed E-state index contributed by atoms with van der Waals surface area (Å²) in [5.41, 5.74) is 0. The average Bonchev–Trinajstić information content (AvgIpc) is 3.29. The van der Waals surface area contributed by atoms with Crippen LogP contribution in [0.15, 0.2) is 170 Å². The van der Waals surface area contributed by atoms with E-state index in [9.17, 15) is 14.4 Å². The zero-order chi connectivity index (χ0) is 46.5. The second-order valence-corrected chi connectivity index (χ2v) is 15.0. The van der Waals surface area contributed by atoms with E-state index >= 15 is 0 Å². The molecule has 64 heavy (non-hydrogen) atoms. The van der Waals surface area contributed by atoms with Gasteiger partial charge in [0, 0.05) is 19.3 Å². The third-order valence-corrected chi connectivity index (χ3v) is 9.08. The van der Waals surface area contributed by atoms with Crippen LogP contribution in [0.1, 0.15) is 156 Å². The number of esters is 3. The van der Waals surface area contributed by atoms with Gasteiger partial charge in [0.25, 0.3) is 0 Å². The molecule has 0 bridgehead atoms. The van der Waals surface area contributed by atoms with Gasteiger partial charge in [0.2, 0.25) is 0 Å². The fraction of sp³-hybridized carbons (Fsp3) is 0.466. The zero-order valence-electron chi connectivity index (χ0n) is 40.0. The van der Waals surface area contributed by atoms with Crippen LogP contribution in [-0.2, 0) is 28.6 Å². The molecule has 0 saturated heterocycles. The third kappa shape index (κ3) is 47.8. The Bertz CT molecular complexity index is 1570. The topological polar surface area (TPSA) is 78.9 Å². The van der Waals surface area contributed by atoms with E-state index in [-0.39, 0.29) is 50.4 Å². The van der Waals surface area contributed by atoms with Gasteiger partial charge in [0.15, 0.2) is 6.10 Å². The van der Waals surface area contributed by atoms with Crippen molar-refractivity contribution < 1.29 is 28.6 Å². The molecule has 6 nitrogen and oxygen atoms in total. The van der Waals surface area contributed by atoms with Gasteiger partial charge in [-0.25, -0.2) is 0 Å². The van der Waals surface area contributed by atoms with Crippen molar-refractivity contribution in [1.29, 1.82) is 0 Å². The number of carbonyl (C=O) groups excluding carboxylic acids is 3. The lowest BCUT2D eigenvalue weighted by atomic mass is 10.1. The maximum absolute atomic E-state index is 12.8. The van der Waals surface area contributed by atoms with Crippen molar-refractivity contribution >= 4 is 17.9 Å². The Labute approximate surface area is 390 Å². The molecule has 0 fully saturated rings. The number of hydrogen-bond donors (Lipinski definition) is 0. The lowest BCUT2D eigenvalue weighted by Crippen LogP contribution is -2.30. The van der Waals surface area contributed by atoms with Gasteiger partial charge >= 0.3 is 17.9 Å². The van der Waals surface area contributed by atoms with E-state index in [1.54, 1.807) is 0 Å². The first-order valence-electron chi connectivity index (χ1n) is 24.2.